The lowest BCUT2D eigenvalue weighted by Gasteiger charge is -2.12. The number of hydrogen-bond donors (Lipinski definition) is 0. The fourth-order valence-corrected chi connectivity index (χ4v) is 3.20. The van der Waals surface area contributed by atoms with Gasteiger partial charge < -0.3 is 9.47 Å². The highest BCUT2D eigenvalue weighted by atomic mass is 79.9. The number of terminal acetylenes is 1. The van der Waals surface area contributed by atoms with Gasteiger partial charge in [-0.25, -0.2) is 4.98 Å². The molecule has 0 aliphatic carbocycles. The van der Waals surface area contributed by atoms with Crippen molar-refractivity contribution in [1.82, 2.24) is 9.66 Å². The summed E-state index contributed by atoms with van der Waals surface area (Å²) in [5.41, 5.74) is 0.819. The second-order valence-corrected chi connectivity index (χ2v) is 7.05. The highest BCUT2D eigenvalue weighted by molar-refractivity contribution is 9.10. The van der Waals surface area contributed by atoms with Gasteiger partial charge in [-0.05, 0) is 31.2 Å². The number of hydrogen-bond acceptors (Lipinski definition) is 5. The van der Waals surface area contributed by atoms with Crippen LogP contribution >= 0.6 is 27.5 Å². The van der Waals surface area contributed by atoms with Crippen LogP contribution in [0.1, 0.15) is 11.4 Å². The Balaban J connectivity index is 2.13. The highest BCUT2D eigenvalue weighted by Gasteiger charge is 2.13. The fourth-order valence-electron chi connectivity index (χ4n) is 2.62. The van der Waals surface area contributed by atoms with E-state index in [4.69, 9.17) is 27.5 Å². The van der Waals surface area contributed by atoms with E-state index >= 15 is 0 Å². The largest absolute Gasteiger partial charge is 0.493 e. The van der Waals surface area contributed by atoms with Gasteiger partial charge in [-0.3, -0.25) is 4.79 Å². The zero-order valence-corrected chi connectivity index (χ0v) is 17.4. The van der Waals surface area contributed by atoms with Gasteiger partial charge in [-0.2, -0.15) is 9.78 Å². The minimum absolute atomic E-state index is 0.0450. The minimum Gasteiger partial charge on any atom is -0.493 e. The van der Waals surface area contributed by atoms with E-state index in [2.05, 4.69) is 31.9 Å². The molecule has 0 saturated carbocycles. The number of aromatic nitrogens is 2. The summed E-state index contributed by atoms with van der Waals surface area (Å²) < 4.78 is 12.9. The van der Waals surface area contributed by atoms with Crippen LogP contribution in [0.4, 0.5) is 0 Å². The van der Waals surface area contributed by atoms with Gasteiger partial charge in [0.1, 0.15) is 12.4 Å². The first kappa shape index (κ1) is 19.9. The van der Waals surface area contributed by atoms with Gasteiger partial charge in [0.15, 0.2) is 11.5 Å². The molecule has 0 spiro atoms. The molecule has 1 heterocycles. The Morgan fingerprint density at radius 3 is 2.89 bits per heavy atom. The Morgan fingerprint density at radius 1 is 1.39 bits per heavy atom. The summed E-state index contributed by atoms with van der Waals surface area (Å²) in [6.45, 7) is 1.75. The van der Waals surface area contributed by atoms with E-state index < -0.39 is 0 Å². The normalized spacial score (nSPS) is 11.0. The molecule has 2 aromatic carbocycles. The van der Waals surface area contributed by atoms with Crippen molar-refractivity contribution in [3.63, 3.8) is 0 Å². The van der Waals surface area contributed by atoms with Crippen LogP contribution in [-0.2, 0) is 0 Å². The summed E-state index contributed by atoms with van der Waals surface area (Å²) in [5.74, 6) is 3.64. The lowest BCUT2D eigenvalue weighted by Crippen LogP contribution is -2.20. The predicted molar refractivity (Wildman–Crippen MR) is 114 cm³/mol. The number of rotatable bonds is 5. The third-order valence-electron chi connectivity index (χ3n) is 3.85. The van der Waals surface area contributed by atoms with E-state index in [1.807, 2.05) is 6.07 Å². The quantitative estimate of drug-likeness (QED) is 0.426. The maximum absolute atomic E-state index is 12.8. The number of ether oxygens (including phenoxy) is 2. The average molecular weight is 461 g/mol. The van der Waals surface area contributed by atoms with Crippen LogP contribution < -0.4 is 15.0 Å². The van der Waals surface area contributed by atoms with E-state index in [1.165, 1.54) is 18.0 Å². The van der Waals surface area contributed by atoms with Gasteiger partial charge in [0.2, 0.25) is 0 Å². The Labute approximate surface area is 174 Å². The molecule has 8 heteroatoms. The van der Waals surface area contributed by atoms with Gasteiger partial charge in [0.05, 0.1) is 24.2 Å². The monoisotopic (exact) mass is 459 g/mol. The molecular weight excluding hydrogens is 446 g/mol. The van der Waals surface area contributed by atoms with Crippen LogP contribution in [0.2, 0.25) is 5.02 Å². The number of fused-ring (bicyclic) bond motifs is 1. The fraction of sp³-hybridized carbons (Fsp3) is 0.150. The molecule has 0 amide bonds. The predicted octanol–water partition coefficient (Wildman–Crippen LogP) is 4.02. The summed E-state index contributed by atoms with van der Waals surface area (Å²) in [5, 5.41) is 5.17. The van der Waals surface area contributed by atoms with E-state index in [0.29, 0.717) is 38.8 Å². The van der Waals surface area contributed by atoms with Crippen LogP contribution in [0.5, 0.6) is 11.5 Å². The molecule has 0 aliphatic rings. The summed E-state index contributed by atoms with van der Waals surface area (Å²) in [6.07, 6.45) is 6.74. The van der Waals surface area contributed by atoms with Crippen LogP contribution in [0.3, 0.4) is 0 Å². The molecule has 3 aromatic rings. The standard InChI is InChI=1S/C20H15BrClN3O3/c1-4-7-28-19-13(8-15(22)10-18(19)27-3)11-23-25-12(2)24-17-6-5-14(21)9-16(17)20(25)26/h1,5-6,8-11H,7H2,2-3H3. The number of nitrogens with zero attached hydrogens (tertiary/aromatic N) is 3. The van der Waals surface area contributed by atoms with Gasteiger partial charge >= 0.3 is 0 Å². The third kappa shape index (κ3) is 4.03. The van der Waals surface area contributed by atoms with Crippen LogP contribution in [0, 0.1) is 19.3 Å². The molecule has 0 unspecified atom stereocenters. The van der Waals surface area contributed by atoms with Crippen LogP contribution in [0.25, 0.3) is 10.9 Å². The third-order valence-corrected chi connectivity index (χ3v) is 4.56. The molecule has 0 atom stereocenters. The summed E-state index contributed by atoms with van der Waals surface area (Å²) in [6, 6.07) is 8.56. The van der Waals surface area contributed by atoms with Crippen molar-refractivity contribution in [2.24, 2.45) is 5.10 Å². The molecular formula is C20H15BrClN3O3. The lowest BCUT2D eigenvalue weighted by atomic mass is 10.2. The molecule has 1 aromatic heterocycles. The first-order valence-electron chi connectivity index (χ1n) is 8.11. The molecule has 0 fully saturated rings. The molecule has 3 rings (SSSR count). The van der Waals surface area contributed by atoms with Crippen LogP contribution in [0.15, 0.2) is 44.7 Å². The van der Waals surface area contributed by atoms with E-state index in [0.717, 1.165) is 4.47 Å². The smallest absolute Gasteiger partial charge is 0.282 e. The molecule has 0 saturated heterocycles. The molecule has 6 nitrogen and oxygen atoms in total. The lowest BCUT2D eigenvalue weighted by molar-refractivity contribution is 0.330. The summed E-state index contributed by atoms with van der Waals surface area (Å²) in [7, 11) is 1.50. The van der Waals surface area contributed by atoms with Gasteiger partial charge in [0, 0.05) is 21.1 Å². The van der Waals surface area contributed by atoms with E-state index in [-0.39, 0.29) is 12.2 Å². The molecule has 142 valence electrons. The van der Waals surface area contributed by atoms with Crippen molar-refractivity contribution in [2.75, 3.05) is 13.7 Å². The van der Waals surface area contributed by atoms with Crippen molar-refractivity contribution in [2.45, 2.75) is 6.92 Å². The van der Waals surface area contributed by atoms with Crippen molar-refractivity contribution in [3.05, 3.63) is 61.6 Å². The molecule has 28 heavy (non-hydrogen) atoms. The Hall–Kier alpha value is -2.82. The minimum atomic E-state index is -0.292. The molecule has 0 bridgehead atoms. The van der Waals surface area contributed by atoms with Crippen molar-refractivity contribution in [3.8, 4) is 23.8 Å². The summed E-state index contributed by atoms with van der Waals surface area (Å²) in [4.78, 5) is 17.3. The first-order chi connectivity index (χ1) is 13.4. The topological polar surface area (TPSA) is 65.7 Å². The maximum Gasteiger partial charge on any atom is 0.282 e. The number of aryl methyl sites for hydroxylation is 1. The van der Waals surface area contributed by atoms with Crippen LogP contribution in [-0.4, -0.2) is 29.6 Å². The van der Waals surface area contributed by atoms with Gasteiger partial charge in [-0.15, -0.1) is 6.42 Å². The Morgan fingerprint density at radius 2 is 2.18 bits per heavy atom. The van der Waals surface area contributed by atoms with Gasteiger partial charge in [0.25, 0.3) is 5.56 Å². The summed E-state index contributed by atoms with van der Waals surface area (Å²) >= 11 is 9.52. The number of benzene rings is 2. The molecule has 0 aliphatic heterocycles. The molecule has 0 radical (unpaired) electrons. The Kier molecular flexibility index (Phi) is 6.02. The first-order valence-corrected chi connectivity index (χ1v) is 9.28. The van der Waals surface area contributed by atoms with Crippen molar-refractivity contribution >= 4 is 44.6 Å². The zero-order chi connectivity index (χ0) is 20.3. The van der Waals surface area contributed by atoms with Crippen molar-refractivity contribution < 1.29 is 9.47 Å². The zero-order valence-electron chi connectivity index (χ0n) is 15.1. The number of methoxy groups -OCH3 is 1. The van der Waals surface area contributed by atoms with E-state index in [1.54, 1.807) is 31.2 Å². The van der Waals surface area contributed by atoms with E-state index in [9.17, 15) is 4.79 Å². The van der Waals surface area contributed by atoms with Gasteiger partial charge in [-0.1, -0.05) is 33.5 Å². The second kappa shape index (κ2) is 8.46. The van der Waals surface area contributed by atoms with Crippen molar-refractivity contribution in [1.29, 1.82) is 0 Å². The average Bonchev–Trinajstić information content (AvgIpc) is 2.67. The Bertz CT molecular complexity index is 1180. The maximum atomic E-state index is 12.8. The second-order valence-electron chi connectivity index (χ2n) is 5.70. The molecule has 0 N–H and O–H groups in total. The highest BCUT2D eigenvalue weighted by Crippen LogP contribution is 2.33. The SMILES string of the molecule is C#CCOc1c(C=Nn2c(C)nc3ccc(Br)cc3c2=O)cc(Cl)cc1OC. The number of halogens is 2.